The molecule has 0 unspecified atom stereocenters. The van der Waals surface area contributed by atoms with Crippen LogP contribution >= 0.6 is 0 Å². The predicted octanol–water partition coefficient (Wildman–Crippen LogP) is 5.01. The molecule has 0 bridgehead atoms. The van der Waals surface area contributed by atoms with E-state index >= 15 is 0 Å². The van der Waals surface area contributed by atoms with Crippen molar-refractivity contribution in [3.8, 4) is 5.88 Å². The van der Waals surface area contributed by atoms with Crippen molar-refractivity contribution in [3.05, 3.63) is 58.6 Å². The summed E-state index contributed by atoms with van der Waals surface area (Å²) < 4.78 is 1.83. The molecular weight excluding hydrogens is 358 g/mol. The second kappa shape index (κ2) is 8.62. The lowest BCUT2D eigenvalue weighted by atomic mass is 10.2. The number of non-ortho nitro benzene ring substituents is 1. The second-order valence-electron chi connectivity index (χ2n) is 6.34. The third-order valence-electron chi connectivity index (χ3n) is 4.76. The van der Waals surface area contributed by atoms with Crippen LogP contribution < -0.4 is 0 Å². The van der Waals surface area contributed by atoms with Gasteiger partial charge in [0.2, 0.25) is 5.88 Å². The normalized spacial score (nSPS) is 11.7. The zero-order valence-electron chi connectivity index (χ0n) is 15.9. The van der Waals surface area contributed by atoms with Crippen LogP contribution in [0.15, 0.2) is 58.8 Å². The van der Waals surface area contributed by atoms with Crippen molar-refractivity contribution in [2.24, 2.45) is 10.2 Å². The summed E-state index contributed by atoms with van der Waals surface area (Å²) in [7, 11) is 0. The van der Waals surface area contributed by atoms with Gasteiger partial charge in [0, 0.05) is 30.6 Å². The number of nitro groups is 1. The van der Waals surface area contributed by atoms with E-state index in [1.54, 1.807) is 12.1 Å². The lowest BCUT2D eigenvalue weighted by Gasteiger charge is -2.18. The maximum Gasteiger partial charge on any atom is 0.271 e. The molecule has 3 rings (SSSR count). The molecule has 0 radical (unpaired) electrons. The molecule has 0 saturated heterocycles. The molecule has 0 atom stereocenters. The molecule has 146 valence electrons. The summed E-state index contributed by atoms with van der Waals surface area (Å²) in [6.07, 6.45) is 0. The minimum atomic E-state index is -0.477. The van der Waals surface area contributed by atoms with Crippen molar-refractivity contribution in [2.75, 3.05) is 19.6 Å². The molecule has 0 aliphatic heterocycles. The van der Waals surface area contributed by atoms with Crippen LogP contribution in [-0.2, 0) is 6.54 Å². The van der Waals surface area contributed by atoms with Crippen LogP contribution in [0.25, 0.3) is 10.9 Å². The molecule has 0 spiro atoms. The van der Waals surface area contributed by atoms with E-state index < -0.39 is 4.92 Å². The molecule has 0 aliphatic carbocycles. The number of fused-ring (bicyclic) bond motifs is 1. The number of aromatic hydroxyl groups is 1. The molecule has 0 saturated carbocycles. The minimum absolute atomic E-state index is 0.0440. The van der Waals surface area contributed by atoms with Crippen molar-refractivity contribution >= 4 is 28.0 Å². The molecule has 0 aliphatic rings. The largest absolute Gasteiger partial charge is 0.493 e. The van der Waals surface area contributed by atoms with Gasteiger partial charge in [-0.05, 0) is 25.2 Å². The first-order chi connectivity index (χ1) is 13.5. The minimum Gasteiger partial charge on any atom is -0.493 e. The van der Waals surface area contributed by atoms with Gasteiger partial charge in [0.25, 0.3) is 5.69 Å². The fourth-order valence-corrected chi connectivity index (χ4v) is 3.15. The smallest absolute Gasteiger partial charge is 0.271 e. The lowest BCUT2D eigenvalue weighted by Crippen LogP contribution is -2.26. The first kappa shape index (κ1) is 19.5. The van der Waals surface area contributed by atoms with Gasteiger partial charge >= 0.3 is 0 Å². The Balaban J connectivity index is 1.96. The Hall–Kier alpha value is -3.26. The number of benzene rings is 2. The summed E-state index contributed by atoms with van der Waals surface area (Å²) in [5.74, 6) is 0.0440. The van der Waals surface area contributed by atoms with Gasteiger partial charge in [-0.3, -0.25) is 10.1 Å². The number of aromatic nitrogens is 1. The summed E-state index contributed by atoms with van der Waals surface area (Å²) in [6, 6.07) is 13.5. The van der Waals surface area contributed by atoms with Crippen LogP contribution in [0.1, 0.15) is 13.8 Å². The quantitative estimate of drug-likeness (QED) is 0.337. The molecule has 0 fully saturated rings. The van der Waals surface area contributed by atoms with Gasteiger partial charge in [-0.25, -0.2) is 0 Å². The lowest BCUT2D eigenvalue weighted by molar-refractivity contribution is -0.384. The number of para-hydroxylation sites is 1. The van der Waals surface area contributed by atoms with Crippen molar-refractivity contribution in [1.29, 1.82) is 0 Å². The Morgan fingerprint density at radius 3 is 2.57 bits per heavy atom. The SMILES string of the molecule is CCN(CC)CCn1c(O)c(N=Nc2cccc([N+](=O)[O-])c2)c2ccccc21. The molecule has 1 heterocycles. The van der Waals surface area contributed by atoms with Crippen molar-refractivity contribution in [2.45, 2.75) is 20.4 Å². The number of nitrogens with zero attached hydrogens (tertiary/aromatic N) is 5. The molecule has 3 aromatic rings. The number of hydrogen-bond acceptors (Lipinski definition) is 6. The summed E-state index contributed by atoms with van der Waals surface area (Å²) in [6.45, 7) is 7.53. The maximum atomic E-state index is 10.9. The Morgan fingerprint density at radius 2 is 1.86 bits per heavy atom. The van der Waals surface area contributed by atoms with E-state index in [0.29, 0.717) is 17.9 Å². The zero-order chi connectivity index (χ0) is 20.1. The van der Waals surface area contributed by atoms with Crippen LogP contribution in [0.5, 0.6) is 5.88 Å². The van der Waals surface area contributed by atoms with Crippen LogP contribution in [0.2, 0.25) is 0 Å². The van der Waals surface area contributed by atoms with Crippen LogP contribution in [0.4, 0.5) is 17.1 Å². The van der Waals surface area contributed by atoms with E-state index in [4.69, 9.17) is 0 Å². The van der Waals surface area contributed by atoms with Gasteiger partial charge in [-0.1, -0.05) is 38.1 Å². The molecule has 8 heteroatoms. The van der Waals surface area contributed by atoms with E-state index in [1.807, 2.05) is 28.8 Å². The Kier molecular flexibility index (Phi) is 6.00. The highest BCUT2D eigenvalue weighted by Gasteiger charge is 2.17. The van der Waals surface area contributed by atoms with Gasteiger partial charge in [0.15, 0.2) is 5.69 Å². The number of rotatable bonds is 8. The van der Waals surface area contributed by atoms with Crippen molar-refractivity contribution < 1.29 is 10.0 Å². The number of hydrogen-bond donors (Lipinski definition) is 1. The topological polar surface area (TPSA) is 96.3 Å². The Labute approximate surface area is 162 Å². The summed E-state index contributed by atoms with van der Waals surface area (Å²) in [5, 5.41) is 30.8. The number of azo groups is 1. The van der Waals surface area contributed by atoms with Gasteiger partial charge in [-0.2, -0.15) is 5.11 Å². The third-order valence-corrected chi connectivity index (χ3v) is 4.76. The third kappa shape index (κ3) is 4.01. The molecule has 1 N–H and O–H groups in total. The highest BCUT2D eigenvalue weighted by molar-refractivity contribution is 5.95. The molecule has 2 aromatic carbocycles. The molecular formula is C20H23N5O3. The van der Waals surface area contributed by atoms with Crippen LogP contribution in [0, 0.1) is 10.1 Å². The van der Waals surface area contributed by atoms with Gasteiger partial charge in [0.05, 0.1) is 16.1 Å². The first-order valence-electron chi connectivity index (χ1n) is 9.23. The summed E-state index contributed by atoms with van der Waals surface area (Å²) in [4.78, 5) is 12.7. The first-order valence-corrected chi connectivity index (χ1v) is 9.23. The van der Waals surface area contributed by atoms with Crippen molar-refractivity contribution in [3.63, 3.8) is 0 Å². The van der Waals surface area contributed by atoms with Crippen LogP contribution in [0.3, 0.4) is 0 Å². The summed E-state index contributed by atoms with van der Waals surface area (Å²) in [5.41, 5.74) is 1.54. The number of likely N-dealkylation sites (N-methyl/N-ethyl adjacent to an activating group) is 1. The maximum absolute atomic E-state index is 10.9. The average Bonchev–Trinajstić information content (AvgIpc) is 2.98. The van der Waals surface area contributed by atoms with Gasteiger partial charge in [0.1, 0.15) is 0 Å². The fraction of sp³-hybridized carbons (Fsp3) is 0.300. The fourth-order valence-electron chi connectivity index (χ4n) is 3.15. The standard InChI is InChI=1S/C20H23N5O3/c1-3-23(4-2)12-13-24-18-11-6-5-10-17(18)19(20(24)26)22-21-15-8-7-9-16(14-15)25(27)28/h5-11,14,26H,3-4,12-13H2,1-2H3. The highest BCUT2D eigenvalue weighted by Crippen LogP contribution is 2.39. The average molecular weight is 381 g/mol. The molecule has 8 nitrogen and oxygen atoms in total. The predicted molar refractivity (Wildman–Crippen MR) is 109 cm³/mol. The monoisotopic (exact) mass is 381 g/mol. The van der Waals surface area contributed by atoms with E-state index in [0.717, 1.165) is 30.5 Å². The molecule has 1 aromatic heterocycles. The Morgan fingerprint density at radius 1 is 1.11 bits per heavy atom. The highest BCUT2D eigenvalue weighted by atomic mass is 16.6. The second-order valence-corrected chi connectivity index (χ2v) is 6.34. The van der Waals surface area contributed by atoms with Gasteiger partial charge < -0.3 is 14.6 Å². The summed E-state index contributed by atoms with van der Waals surface area (Å²) >= 11 is 0. The zero-order valence-corrected chi connectivity index (χ0v) is 15.9. The Bertz CT molecular complexity index is 1010. The van der Waals surface area contributed by atoms with E-state index in [-0.39, 0.29) is 11.6 Å². The van der Waals surface area contributed by atoms with Crippen LogP contribution in [-0.4, -0.2) is 39.1 Å². The molecule has 28 heavy (non-hydrogen) atoms. The molecule has 0 amide bonds. The van der Waals surface area contributed by atoms with Gasteiger partial charge in [-0.15, -0.1) is 5.11 Å². The van der Waals surface area contributed by atoms with E-state index in [9.17, 15) is 15.2 Å². The van der Waals surface area contributed by atoms with E-state index in [1.165, 1.54) is 12.1 Å². The van der Waals surface area contributed by atoms with E-state index in [2.05, 4.69) is 29.0 Å². The van der Waals surface area contributed by atoms with Crippen molar-refractivity contribution in [1.82, 2.24) is 9.47 Å². The number of nitro benzene ring substituents is 1.